The maximum absolute atomic E-state index is 12.2. The number of carbonyl (C=O) groups is 1. The van der Waals surface area contributed by atoms with E-state index in [9.17, 15) is 15.0 Å². The van der Waals surface area contributed by atoms with Crippen LogP contribution >= 0.6 is 0 Å². The first-order valence-electron chi connectivity index (χ1n) is 7.69. The van der Waals surface area contributed by atoms with Crippen molar-refractivity contribution in [1.29, 1.82) is 0 Å². The Kier molecular flexibility index (Phi) is 4.72. The number of ether oxygens (including phenoxy) is 1. The van der Waals surface area contributed by atoms with Crippen LogP contribution in [0.1, 0.15) is 40.0 Å². The summed E-state index contributed by atoms with van der Waals surface area (Å²) < 4.78 is 5.35. The first-order valence-corrected chi connectivity index (χ1v) is 7.69. The minimum absolute atomic E-state index is 0.349. The van der Waals surface area contributed by atoms with E-state index in [0.29, 0.717) is 18.6 Å². The average molecular weight is 285 g/mol. The fourth-order valence-corrected chi connectivity index (χ4v) is 3.57. The van der Waals surface area contributed by atoms with Crippen molar-refractivity contribution in [1.82, 2.24) is 4.90 Å². The Labute approximate surface area is 120 Å². The number of esters is 1. The zero-order chi connectivity index (χ0) is 14.9. The fourth-order valence-electron chi connectivity index (χ4n) is 3.57. The number of fused-ring (bicyclic) bond motifs is 1. The van der Waals surface area contributed by atoms with E-state index in [-0.39, 0.29) is 5.92 Å². The van der Waals surface area contributed by atoms with Gasteiger partial charge in [-0.25, -0.2) is 4.79 Å². The monoisotopic (exact) mass is 285 g/mol. The van der Waals surface area contributed by atoms with Gasteiger partial charge in [0.25, 0.3) is 0 Å². The van der Waals surface area contributed by atoms with Gasteiger partial charge in [0.05, 0.1) is 12.7 Å². The highest BCUT2D eigenvalue weighted by Gasteiger charge is 2.46. The van der Waals surface area contributed by atoms with Gasteiger partial charge in [0.15, 0.2) is 5.60 Å². The van der Waals surface area contributed by atoms with E-state index in [4.69, 9.17) is 4.74 Å². The zero-order valence-electron chi connectivity index (χ0n) is 12.7. The molecule has 0 aromatic heterocycles. The van der Waals surface area contributed by atoms with Crippen molar-refractivity contribution in [2.45, 2.75) is 57.8 Å². The third-order valence-corrected chi connectivity index (χ3v) is 5.02. The van der Waals surface area contributed by atoms with Crippen LogP contribution in [-0.2, 0) is 9.53 Å². The quantitative estimate of drug-likeness (QED) is 0.731. The molecule has 5 nitrogen and oxygen atoms in total. The summed E-state index contributed by atoms with van der Waals surface area (Å²) >= 11 is 0. The highest BCUT2D eigenvalue weighted by molar-refractivity contribution is 5.80. The topological polar surface area (TPSA) is 70.0 Å². The molecule has 2 aliphatic heterocycles. The van der Waals surface area contributed by atoms with Crippen molar-refractivity contribution in [3.05, 3.63) is 0 Å². The summed E-state index contributed by atoms with van der Waals surface area (Å²) in [7, 11) is 0. The van der Waals surface area contributed by atoms with E-state index < -0.39 is 17.7 Å². The summed E-state index contributed by atoms with van der Waals surface area (Å²) in [6, 6.07) is 0.529. The number of hydrogen-bond acceptors (Lipinski definition) is 5. The second kappa shape index (κ2) is 6.00. The van der Waals surface area contributed by atoms with Crippen molar-refractivity contribution < 1.29 is 19.7 Å². The number of carbonyl (C=O) groups excluding carboxylic acids is 1. The number of aliphatic hydroxyl groups excluding tert-OH is 1. The van der Waals surface area contributed by atoms with Crippen molar-refractivity contribution in [2.75, 3.05) is 19.7 Å². The number of rotatable bonds is 5. The van der Waals surface area contributed by atoms with Gasteiger partial charge < -0.3 is 14.9 Å². The molecule has 0 bridgehead atoms. The average Bonchev–Trinajstić information content (AvgIpc) is 2.97. The predicted octanol–water partition coefficient (Wildman–Crippen LogP) is 0.782. The summed E-state index contributed by atoms with van der Waals surface area (Å²) in [5, 5.41) is 20.1. The Bertz CT molecular complexity index is 348. The Morgan fingerprint density at radius 3 is 2.65 bits per heavy atom. The molecule has 5 heteroatoms. The van der Waals surface area contributed by atoms with Crippen LogP contribution < -0.4 is 0 Å². The molecule has 2 N–H and O–H groups in total. The van der Waals surface area contributed by atoms with Gasteiger partial charge in [0.2, 0.25) is 0 Å². The molecule has 0 aromatic rings. The lowest BCUT2D eigenvalue weighted by molar-refractivity contribution is -0.186. The summed E-state index contributed by atoms with van der Waals surface area (Å²) in [5.41, 5.74) is -1.81. The standard InChI is InChI=1S/C15H27NO4/c1-10(2)15(19,11(3)17)14(18)20-9-12-6-8-16-7-4-5-13(12)16/h10-13,17,19H,4-9H2,1-3H3/t11-,12+,13+,15+/m1/s1. The van der Waals surface area contributed by atoms with Crippen LogP contribution in [0, 0.1) is 11.8 Å². The highest BCUT2D eigenvalue weighted by Crippen LogP contribution is 2.33. The van der Waals surface area contributed by atoms with Crippen molar-refractivity contribution >= 4 is 5.97 Å². The highest BCUT2D eigenvalue weighted by atomic mass is 16.6. The molecule has 0 aliphatic carbocycles. The maximum atomic E-state index is 12.2. The number of nitrogens with zero attached hydrogens (tertiary/aromatic N) is 1. The molecule has 0 unspecified atom stereocenters. The van der Waals surface area contributed by atoms with Crippen molar-refractivity contribution in [2.24, 2.45) is 11.8 Å². The second-order valence-electron chi connectivity index (χ2n) is 6.55. The lowest BCUT2D eigenvalue weighted by Crippen LogP contribution is -2.53. The number of hydrogen-bond donors (Lipinski definition) is 2. The second-order valence-corrected chi connectivity index (χ2v) is 6.55. The molecule has 2 saturated heterocycles. The van der Waals surface area contributed by atoms with Crippen LogP contribution in [0.4, 0.5) is 0 Å². The predicted molar refractivity (Wildman–Crippen MR) is 75.1 cm³/mol. The SMILES string of the molecule is CC(C)[C@@](O)(C(=O)OC[C@@H]1CCN2CCC[C@@H]12)[C@@H](C)O. The molecular formula is C15H27NO4. The molecule has 116 valence electrons. The molecule has 2 aliphatic rings. The first-order chi connectivity index (χ1) is 9.37. The third kappa shape index (κ3) is 2.71. The van der Waals surface area contributed by atoms with E-state index in [1.165, 1.54) is 19.8 Å². The van der Waals surface area contributed by atoms with Crippen LogP contribution in [0.25, 0.3) is 0 Å². The van der Waals surface area contributed by atoms with Crippen molar-refractivity contribution in [3.8, 4) is 0 Å². The van der Waals surface area contributed by atoms with Crippen LogP contribution in [0.3, 0.4) is 0 Å². The van der Waals surface area contributed by atoms with E-state index in [1.807, 2.05) is 0 Å². The molecule has 4 atom stereocenters. The van der Waals surface area contributed by atoms with E-state index in [1.54, 1.807) is 13.8 Å². The fraction of sp³-hybridized carbons (Fsp3) is 0.933. The molecule has 2 fully saturated rings. The Hall–Kier alpha value is -0.650. The van der Waals surface area contributed by atoms with Gasteiger partial charge in [-0.2, -0.15) is 0 Å². The molecule has 0 amide bonds. The van der Waals surface area contributed by atoms with Crippen LogP contribution in [0.15, 0.2) is 0 Å². The summed E-state index contributed by atoms with van der Waals surface area (Å²) in [5.74, 6) is -0.715. The van der Waals surface area contributed by atoms with Crippen LogP contribution in [-0.4, -0.2) is 58.5 Å². The summed E-state index contributed by atoms with van der Waals surface area (Å²) in [4.78, 5) is 14.6. The Balaban J connectivity index is 1.91. The lowest BCUT2D eigenvalue weighted by atomic mass is 9.85. The summed E-state index contributed by atoms with van der Waals surface area (Å²) in [6.45, 7) is 7.43. The van der Waals surface area contributed by atoms with Crippen LogP contribution in [0.5, 0.6) is 0 Å². The van der Waals surface area contributed by atoms with Gasteiger partial charge in [0, 0.05) is 12.0 Å². The molecule has 0 radical (unpaired) electrons. The molecule has 20 heavy (non-hydrogen) atoms. The largest absolute Gasteiger partial charge is 0.463 e. The first kappa shape index (κ1) is 15.7. The Morgan fingerprint density at radius 2 is 2.05 bits per heavy atom. The van der Waals surface area contributed by atoms with Crippen molar-refractivity contribution in [3.63, 3.8) is 0 Å². The van der Waals surface area contributed by atoms with Gasteiger partial charge in [-0.05, 0) is 45.2 Å². The van der Waals surface area contributed by atoms with Gasteiger partial charge >= 0.3 is 5.97 Å². The number of aliphatic hydroxyl groups is 2. The molecular weight excluding hydrogens is 258 g/mol. The smallest absolute Gasteiger partial charge is 0.341 e. The minimum Gasteiger partial charge on any atom is -0.463 e. The Morgan fingerprint density at radius 1 is 1.35 bits per heavy atom. The molecule has 2 heterocycles. The third-order valence-electron chi connectivity index (χ3n) is 5.02. The van der Waals surface area contributed by atoms with Gasteiger partial charge in [-0.3, -0.25) is 4.90 Å². The maximum Gasteiger partial charge on any atom is 0.341 e. The van der Waals surface area contributed by atoms with Gasteiger partial charge in [-0.15, -0.1) is 0 Å². The van der Waals surface area contributed by atoms with E-state index in [0.717, 1.165) is 19.5 Å². The molecule has 0 saturated carbocycles. The lowest BCUT2D eigenvalue weighted by Gasteiger charge is -2.33. The molecule has 0 aromatic carbocycles. The minimum atomic E-state index is -1.81. The van der Waals surface area contributed by atoms with E-state index >= 15 is 0 Å². The van der Waals surface area contributed by atoms with Gasteiger partial charge in [0.1, 0.15) is 0 Å². The van der Waals surface area contributed by atoms with Gasteiger partial charge in [-0.1, -0.05) is 13.8 Å². The molecule has 0 spiro atoms. The van der Waals surface area contributed by atoms with Crippen LogP contribution in [0.2, 0.25) is 0 Å². The zero-order valence-corrected chi connectivity index (χ0v) is 12.7. The molecule has 2 rings (SSSR count). The van der Waals surface area contributed by atoms with E-state index in [2.05, 4.69) is 4.90 Å². The normalized spacial score (nSPS) is 31.1. The summed E-state index contributed by atoms with van der Waals surface area (Å²) in [6.07, 6.45) is 2.31.